The van der Waals surface area contributed by atoms with Crippen LogP contribution in [0, 0.1) is 13.8 Å². The Hall–Kier alpha value is -3.84. The summed E-state index contributed by atoms with van der Waals surface area (Å²) in [6.45, 7) is 3.96. The van der Waals surface area contributed by atoms with E-state index < -0.39 is 0 Å². The highest BCUT2D eigenvalue weighted by molar-refractivity contribution is 8.18. The molecule has 1 aliphatic heterocycles. The lowest BCUT2D eigenvalue weighted by atomic mass is 10.1. The summed E-state index contributed by atoms with van der Waals surface area (Å²) in [7, 11) is 0. The fourth-order valence-electron chi connectivity index (χ4n) is 3.56. The van der Waals surface area contributed by atoms with Crippen molar-refractivity contribution in [3.05, 3.63) is 100.0 Å². The normalized spacial score (nSPS) is 14.5. The van der Waals surface area contributed by atoms with Crippen molar-refractivity contribution in [1.82, 2.24) is 4.90 Å². The summed E-state index contributed by atoms with van der Waals surface area (Å²) in [6.07, 6.45) is 1.63. The molecule has 3 aromatic carbocycles. The molecule has 7 heteroatoms. The fraction of sp³-hybridized carbons (Fsp3) is 0.148. The van der Waals surface area contributed by atoms with Crippen LogP contribution in [-0.2, 0) is 16.1 Å². The number of hydrogen-bond acceptors (Lipinski definition) is 5. The first-order valence-electron chi connectivity index (χ1n) is 10.8. The van der Waals surface area contributed by atoms with Gasteiger partial charge in [-0.2, -0.15) is 0 Å². The van der Waals surface area contributed by atoms with E-state index >= 15 is 0 Å². The van der Waals surface area contributed by atoms with Crippen molar-refractivity contribution in [3.63, 3.8) is 0 Å². The number of thioether (sulfide) groups is 1. The van der Waals surface area contributed by atoms with E-state index in [1.54, 1.807) is 24.3 Å². The minimum absolute atomic E-state index is 0.187. The highest BCUT2D eigenvalue weighted by atomic mass is 32.2. The Labute approximate surface area is 202 Å². The third kappa shape index (κ3) is 5.55. The van der Waals surface area contributed by atoms with E-state index in [9.17, 15) is 14.4 Å². The topological polar surface area (TPSA) is 75.7 Å². The minimum Gasteiger partial charge on any atom is -0.483 e. The molecule has 0 spiro atoms. The first kappa shape index (κ1) is 23.3. The monoisotopic (exact) mass is 472 g/mol. The summed E-state index contributed by atoms with van der Waals surface area (Å²) < 4.78 is 5.75. The molecule has 0 unspecified atom stereocenters. The zero-order chi connectivity index (χ0) is 24.1. The fourth-order valence-corrected chi connectivity index (χ4v) is 4.39. The van der Waals surface area contributed by atoms with E-state index in [1.807, 2.05) is 68.4 Å². The predicted molar refractivity (Wildman–Crippen MR) is 134 cm³/mol. The number of amides is 3. The highest BCUT2D eigenvalue weighted by Crippen LogP contribution is 2.34. The number of carbonyl (C=O) groups is 3. The number of ether oxygens (including phenoxy) is 1. The minimum atomic E-state index is -0.346. The lowest BCUT2D eigenvalue weighted by Crippen LogP contribution is -2.27. The van der Waals surface area contributed by atoms with Crippen molar-refractivity contribution in [2.75, 3.05) is 11.9 Å². The molecular formula is C27H24N2O4S. The Morgan fingerprint density at radius 3 is 2.50 bits per heavy atom. The summed E-state index contributed by atoms with van der Waals surface area (Å²) >= 11 is 0.897. The maximum Gasteiger partial charge on any atom is 0.293 e. The van der Waals surface area contributed by atoms with E-state index in [-0.39, 0.29) is 30.2 Å². The van der Waals surface area contributed by atoms with Crippen LogP contribution in [0.3, 0.4) is 0 Å². The molecule has 1 aliphatic rings. The summed E-state index contributed by atoms with van der Waals surface area (Å²) in [5.41, 5.74) is 4.32. The van der Waals surface area contributed by atoms with Gasteiger partial charge in [0.2, 0.25) is 0 Å². The molecule has 0 atom stereocenters. The number of aryl methyl sites for hydroxylation is 2. The number of nitrogens with one attached hydrogen (secondary N) is 1. The van der Waals surface area contributed by atoms with Crippen molar-refractivity contribution in [2.45, 2.75) is 20.4 Å². The van der Waals surface area contributed by atoms with Gasteiger partial charge in [0, 0.05) is 11.3 Å². The lowest BCUT2D eigenvalue weighted by Gasteiger charge is -2.12. The number of carbonyl (C=O) groups excluding carboxylic acids is 3. The van der Waals surface area contributed by atoms with Gasteiger partial charge in [-0.15, -0.1) is 0 Å². The summed E-state index contributed by atoms with van der Waals surface area (Å²) in [6, 6.07) is 22.3. The number of imide groups is 1. The Bertz CT molecular complexity index is 1270. The molecule has 0 radical (unpaired) electrons. The molecule has 4 rings (SSSR count). The van der Waals surface area contributed by atoms with E-state index in [4.69, 9.17) is 4.74 Å². The highest BCUT2D eigenvalue weighted by Gasteiger charge is 2.35. The van der Waals surface area contributed by atoms with Gasteiger partial charge in [-0.1, -0.05) is 66.2 Å². The van der Waals surface area contributed by atoms with Gasteiger partial charge in [-0.3, -0.25) is 19.3 Å². The molecule has 1 fully saturated rings. The van der Waals surface area contributed by atoms with Crippen LogP contribution in [0.2, 0.25) is 0 Å². The number of nitrogens with zero attached hydrogens (tertiary/aromatic N) is 1. The Morgan fingerprint density at radius 1 is 1.00 bits per heavy atom. The molecule has 1 N–H and O–H groups in total. The van der Waals surface area contributed by atoms with E-state index in [1.165, 1.54) is 4.90 Å². The quantitative estimate of drug-likeness (QED) is 0.456. The van der Waals surface area contributed by atoms with Crippen molar-refractivity contribution < 1.29 is 19.1 Å². The number of rotatable bonds is 7. The van der Waals surface area contributed by atoms with Crippen LogP contribution >= 0.6 is 11.8 Å². The molecule has 3 aromatic rings. The molecule has 0 aliphatic carbocycles. The van der Waals surface area contributed by atoms with E-state index in [0.29, 0.717) is 16.2 Å². The van der Waals surface area contributed by atoms with Crippen molar-refractivity contribution >= 4 is 40.6 Å². The van der Waals surface area contributed by atoms with Gasteiger partial charge in [0.25, 0.3) is 17.1 Å². The van der Waals surface area contributed by atoms with Crippen LogP contribution < -0.4 is 10.1 Å². The Balaban J connectivity index is 1.44. The maximum absolute atomic E-state index is 12.9. The molecular weight excluding hydrogens is 448 g/mol. The van der Waals surface area contributed by atoms with Gasteiger partial charge < -0.3 is 10.1 Å². The van der Waals surface area contributed by atoms with Crippen LogP contribution in [0.25, 0.3) is 6.08 Å². The predicted octanol–water partition coefficient (Wildman–Crippen LogP) is 5.56. The maximum atomic E-state index is 12.9. The third-order valence-electron chi connectivity index (χ3n) is 5.28. The van der Waals surface area contributed by atoms with Gasteiger partial charge in [0.1, 0.15) is 5.75 Å². The van der Waals surface area contributed by atoms with Gasteiger partial charge in [0.15, 0.2) is 6.61 Å². The van der Waals surface area contributed by atoms with Gasteiger partial charge in [-0.25, -0.2) is 0 Å². The van der Waals surface area contributed by atoms with Gasteiger partial charge >= 0.3 is 0 Å². The van der Waals surface area contributed by atoms with Crippen LogP contribution in [0.1, 0.15) is 22.3 Å². The second-order valence-electron chi connectivity index (χ2n) is 7.95. The zero-order valence-electron chi connectivity index (χ0n) is 18.9. The molecule has 0 saturated carbocycles. The van der Waals surface area contributed by atoms with E-state index in [2.05, 4.69) is 5.32 Å². The molecule has 0 bridgehead atoms. The molecule has 172 valence electrons. The number of hydrogen-bond donors (Lipinski definition) is 1. The molecule has 34 heavy (non-hydrogen) atoms. The zero-order valence-corrected chi connectivity index (χ0v) is 19.7. The average Bonchev–Trinajstić information content (AvgIpc) is 3.08. The SMILES string of the molecule is Cc1ccc(NC(=O)COc2ccccc2/C=C2\SC(=O)N(Cc3ccccc3)C2=O)c(C)c1. The Morgan fingerprint density at radius 2 is 1.74 bits per heavy atom. The number of anilines is 1. The Kier molecular flexibility index (Phi) is 7.13. The first-order valence-corrected chi connectivity index (χ1v) is 11.6. The van der Waals surface area contributed by atoms with Crippen LogP contribution in [0.4, 0.5) is 10.5 Å². The smallest absolute Gasteiger partial charge is 0.293 e. The molecule has 3 amide bonds. The second-order valence-corrected chi connectivity index (χ2v) is 8.94. The van der Waals surface area contributed by atoms with Crippen molar-refractivity contribution in [1.29, 1.82) is 0 Å². The summed E-state index contributed by atoms with van der Waals surface area (Å²) in [4.78, 5) is 39.3. The van der Waals surface area contributed by atoms with Crippen molar-refractivity contribution in [3.8, 4) is 5.75 Å². The van der Waals surface area contributed by atoms with Crippen molar-refractivity contribution in [2.24, 2.45) is 0 Å². The second kappa shape index (κ2) is 10.4. The van der Waals surface area contributed by atoms with Gasteiger partial charge in [0.05, 0.1) is 11.4 Å². The van der Waals surface area contributed by atoms with Crippen LogP contribution in [0.15, 0.2) is 77.7 Å². The van der Waals surface area contributed by atoms with E-state index in [0.717, 1.165) is 34.1 Å². The van der Waals surface area contributed by atoms with Crippen LogP contribution in [-0.4, -0.2) is 28.6 Å². The molecule has 0 aromatic heterocycles. The first-order chi connectivity index (χ1) is 16.4. The standard InChI is InChI=1S/C27H24N2O4S/c1-18-12-13-22(19(2)14-18)28-25(30)17-33-23-11-7-6-10-21(23)15-24-26(31)29(27(32)34-24)16-20-8-4-3-5-9-20/h3-15H,16-17H2,1-2H3,(H,28,30)/b24-15-. The third-order valence-corrected chi connectivity index (χ3v) is 6.18. The summed E-state index contributed by atoms with van der Waals surface area (Å²) in [5.74, 6) is -0.181. The summed E-state index contributed by atoms with van der Waals surface area (Å²) in [5, 5.41) is 2.54. The van der Waals surface area contributed by atoms with Crippen LogP contribution in [0.5, 0.6) is 5.75 Å². The molecule has 1 heterocycles. The number of para-hydroxylation sites is 1. The largest absolute Gasteiger partial charge is 0.483 e. The molecule has 1 saturated heterocycles. The average molecular weight is 473 g/mol. The number of benzene rings is 3. The van der Waals surface area contributed by atoms with Gasteiger partial charge in [-0.05, 0) is 54.9 Å². The molecule has 6 nitrogen and oxygen atoms in total. The lowest BCUT2D eigenvalue weighted by molar-refractivity contribution is -0.123.